The highest BCUT2D eigenvalue weighted by molar-refractivity contribution is 7.90. The maximum absolute atomic E-state index is 12.9. The van der Waals surface area contributed by atoms with Crippen molar-refractivity contribution in [3.8, 4) is 5.75 Å². The van der Waals surface area contributed by atoms with Crippen molar-refractivity contribution in [2.45, 2.75) is 4.90 Å². The Labute approximate surface area is 80.2 Å². The zero-order chi connectivity index (χ0) is 10.8. The second kappa shape index (κ2) is 3.75. The highest BCUT2D eigenvalue weighted by Crippen LogP contribution is 2.21. The van der Waals surface area contributed by atoms with Gasteiger partial charge in [-0.05, 0) is 12.1 Å². The molecular formula is C8H7FO4S. The molecule has 76 valence electrons. The summed E-state index contributed by atoms with van der Waals surface area (Å²) in [7, 11) is -3.42. The molecule has 4 nitrogen and oxygen atoms in total. The van der Waals surface area contributed by atoms with Crippen LogP contribution in [0.1, 0.15) is 0 Å². The number of rotatable bonds is 3. The third kappa shape index (κ3) is 2.29. The van der Waals surface area contributed by atoms with Crippen LogP contribution in [0.2, 0.25) is 0 Å². The number of carbonyl (C=O) groups is 1. The number of halogens is 1. The van der Waals surface area contributed by atoms with E-state index < -0.39 is 21.4 Å². The fraction of sp³-hybridized carbons (Fsp3) is 0.125. The van der Waals surface area contributed by atoms with Gasteiger partial charge < -0.3 is 4.74 Å². The Balaban J connectivity index is 3.26. The van der Waals surface area contributed by atoms with Crippen molar-refractivity contribution in [3.05, 3.63) is 24.0 Å². The summed E-state index contributed by atoms with van der Waals surface area (Å²) < 4.78 is 39.2. The van der Waals surface area contributed by atoms with Gasteiger partial charge in [0.15, 0.2) is 21.4 Å². The molecule has 0 saturated carbocycles. The minimum Gasteiger partial charge on any atom is -0.426 e. The molecule has 0 saturated heterocycles. The lowest BCUT2D eigenvalue weighted by molar-refractivity contribution is -0.120. The predicted molar refractivity (Wildman–Crippen MR) is 46.2 cm³/mol. The van der Waals surface area contributed by atoms with Gasteiger partial charge in [0.1, 0.15) is 0 Å². The quantitative estimate of drug-likeness (QED) is 0.555. The highest BCUT2D eigenvalue weighted by Gasteiger charge is 2.11. The molecule has 0 heterocycles. The minimum atomic E-state index is -3.42. The molecule has 0 spiro atoms. The molecule has 0 N–H and O–H groups in total. The van der Waals surface area contributed by atoms with Crippen molar-refractivity contribution in [2.24, 2.45) is 0 Å². The van der Waals surface area contributed by atoms with Crippen LogP contribution in [0.15, 0.2) is 23.1 Å². The number of hydrogen-bond donors (Lipinski definition) is 0. The van der Waals surface area contributed by atoms with Crippen LogP contribution in [0.25, 0.3) is 0 Å². The highest BCUT2D eigenvalue weighted by atomic mass is 32.2. The van der Waals surface area contributed by atoms with Gasteiger partial charge >= 0.3 is 0 Å². The van der Waals surface area contributed by atoms with Crippen molar-refractivity contribution < 1.29 is 22.3 Å². The van der Waals surface area contributed by atoms with Crippen LogP contribution in [-0.2, 0) is 14.6 Å². The zero-order valence-corrected chi connectivity index (χ0v) is 8.05. The Kier molecular flexibility index (Phi) is 2.85. The summed E-state index contributed by atoms with van der Waals surface area (Å²) in [4.78, 5) is 9.85. The molecule has 0 radical (unpaired) electrons. The van der Waals surface area contributed by atoms with Crippen molar-refractivity contribution in [1.29, 1.82) is 0 Å². The van der Waals surface area contributed by atoms with Crippen LogP contribution in [0.5, 0.6) is 5.75 Å². The maximum Gasteiger partial charge on any atom is 0.298 e. The molecule has 0 atom stereocenters. The zero-order valence-electron chi connectivity index (χ0n) is 7.23. The van der Waals surface area contributed by atoms with E-state index in [1.807, 2.05) is 0 Å². The molecule has 1 aromatic rings. The SMILES string of the molecule is CS(=O)(=O)c1ccc(F)c(OC=O)c1. The molecule has 14 heavy (non-hydrogen) atoms. The first-order chi connectivity index (χ1) is 6.45. The van der Waals surface area contributed by atoms with E-state index in [2.05, 4.69) is 4.74 Å². The Morgan fingerprint density at radius 2 is 2.07 bits per heavy atom. The molecule has 0 aliphatic rings. The first-order valence-electron chi connectivity index (χ1n) is 3.55. The van der Waals surface area contributed by atoms with E-state index in [0.29, 0.717) is 0 Å². The Hall–Kier alpha value is -1.43. The maximum atomic E-state index is 12.9. The number of ether oxygens (including phenoxy) is 1. The van der Waals surface area contributed by atoms with Gasteiger partial charge in [-0.2, -0.15) is 0 Å². The molecule has 6 heteroatoms. The first kappa shape index (κ1) is 10.6. The lowest BCUT2D eigenvalue weighted by atomic mass is 10.3. The van der Waals surface area contributed by atoms with Crippen molar-refractivity contribution in [2.75, 3.05) is 6.26 Å². The van der Waals surface area contributed by atoms with E-state index in [-0.39, 0.29) is 11.4 Å². The summed E-state index contributed by atoms with van der Waals surface area (Å²) in [5, 5.41) is 0. The number of sulfone groups is 1. The Morgan fingerprint density at radius 1 is 1.43 bits per heavy atom. The minimum absolute atomic E-state index is 0.0322. The normalized spacial score (nSPS) is 11.0. The van der Waals surface area contributed by atoms with Crippen LogP contribution in [0.3, 0.4) is 0 Å². The second-order valence-electron chi connectivity index (χ2n) is 2.58. The van der Waals surface area contributed by atoms with Gasteiger partial charge in [0.05, 0.1) is 4.90 Å². The number of carbonyl (C=O) groups excluding carboxylic acids is 1. The van der Waals surface area contributed by atoms with E-state index in [9.17, 15) is 17.6 Å². The fourth-order valence-corrected chi connectivity index (χ4v) is 1.49. The summed E-state index contributed by atoms with van der Waals surface area (Å²) in [6, 6.07) is 2.98. The molecule has 0 fully saturated rings. The van der Waals surface area contributed by atoms with Crippen molar-refractivity contribution in [3.63, 3.8) is 0 Å². The lowest BCUT2D eigenvalue weighted by Crippen LogP contribution is -1.99. The second-order valence-corrected chi connectivity index (χ2v) is 4.59. The smallest absolute Gasteiger partial charge is 0.298 e. The molecule has 1 aromatic carbocycles. The molecule has 0 aliphatic carbocycles. The number of hydrogen-bond acceptors (Lipinski definition) is 4. The average molecular weight is 218 g/mol. The van der Waals surface area contributed by atoms with E-state index in [0.717, 1.165) is 24.5 Å². The van der Waals surface area contributed by atoms with E-state index >= 15 is 0 Å². The molecular weight excluding hydrogens is 211 g/mol. The molecule has 0 bridgehead atoms. The topological polar surface area (TPSA) is 60.4 Å². The summed E-state index contributed by atoms with van der Waals surface area (Å²) in [6.45, 7) is 0.0322. The van der Waals surface area contributed by atoms with Crippen molar-refractivity contribution >= 4 is 16.3 Å². The summed E-state index contributed by atoms with van der Waals surface area (Å²) >= 11 is 0. The summed E-state index contributed by atoms with van der Waals surface area (Å²) in [6.07, 6.45) is 0.977. The van der Waals surface area contributed by atoms with E-state index in [1.165, 1.54) is 0 Å². The van der Waals surface area contributed by atoms with E-state index in [4.69, 9.17) is 0 Å². The van der Waals surface area contributed by atoms with Gasteiger partial charge in [-0.3, -0.25) is 4.79 Å². The fourth-order valence-electron chi connectivity index (χ4n) is 0.856. The van der Waals surface area contributed by atoms with Gasteiger partial charge in [0.2, 0.25) is 0 Å². The molecule has 0 aromatic heterocycles. The standard InChI is InChI=1S/C8H7FO4S/c1-14(11,12)6-2-3-7(9)8(4-6)13-5-10/h2-5H,1H3. The third-order valence-electron chi connectivity index (χ3n) is 1.51. The van der Waals surface area contributed by atoms with Gasteiger partial charge in [0.25, 0.3) is 6.47 Å². The van der Waals surface area contributed by atoms with Crippen LogP contribution in [0.4, 0.5) is 4.39 Å². The largest absolute Gasteiger partial charge is 0.426 e. The molecule has 0 aliphatic heterocycles. The van der Waals surface area contributed by atoms with Gasteiger partial charge in [-0.15, -0.1) is 0 Å². The first-order valence-corrected chi connectivity index (χ1v) is 5.44. The van der Waals surface area contributed by atoms with Crippen LogP contribution in [-0.4, -0.2) is 21.1 Å². The third-order valence-corrected chi connectivity index (χ3v) is 2.62. The van der Waals surface area contributed by atoms with Gasteiger partial charge in [-0.25, -0.2) is 12.8 Å². The van der Waals surface area contributed by atoms with Gasteiger partial charge in [0, 0.05) is 12.3 Å². The summed E-state index contributed by atoms with van der Waals surface area (Å²) in [5.74, 6) is -1.19. The predicted octanol–water partition coefficient (Wildman–Crippen LogP) is 0.764. The van der Waals surface area contributed by atoms with Crippen LogP contribution >= 0.6 is 0 Å². The van der Waals surface area contributed by atoms with Crippen LogP contribution in [0, 0.1) is 5.82 Å². The van der Waals surface area contributed by atoms with Crippen LogP contribution < -0.4 is 4.74 Å². The van der Waals surface area contributed by atoms with Crippen molar-refractivity contribution in [1.82, 2.24) is 0 Å². The van der Waals surface area contributed by atoms with E-state index in [1.54, 1.807) is 0 Å². The Morgan fingerprint density at radius 3 is 2.57 bits per heavy atom. The summed E-state index contributed by atoms with van der Waals surface area (Å²) in [5.41, 5.74) is 0. The number of benzene rings is 1. The molecule has 0 amide bonds. The Bertz CT molecular complexity index is 452. The monoisotopic (exact) mass is 218 g/mol. The molecule has 0 unspecified atom stereocenters. The molecule has 1 rings (SSSR count). The average Bonchev–Trinajstić information content (AvgIpc) is 2.07. The lowest BCUT2D eigenvalue weighted by Gasteiger charge is -2.02. The van der Waals surface area contributed by atoms with Gasteiger partial charge in [-0.1, -0.05) is 0 Å².